The van der Waals surface area contributed by atoms with Gasteiger partial charge in [-0.2, -0.15) is 0 Å². The van der Waals surface area contributed by atoms with Gasteiger partial charge < -0.3 is 15.0 Å². The summed E-state index contributed by atoms with van der Waals surface area (Å²) in [5.41, 5.74) is 0.259. The zero-order chi connectivity index (χ0) is 26.3. The largest absolute Gasteiger partial charge is 0.495 e. The molecule has 0 aromatic heterocycles. The highest BCUT2D eigenvalue weighted by Crippen LogP contribution is 2.33. The van der Waals surface area contributed by atoms with E-state index >= 15 is 0 Å². The van der Waals surface area contributed by atoms with Crippen molar-refractivity contribution in [2.24, 2.45) is 5.92 Å². The monoisotopic (exact) mass is 527 g/mol. The number of rotatable bonds is 11. The van der Waals surface area contributed by atoms with Crippen LogP contribution in [-0.4, -0.2) is 57.6 Å². The molecule has 0 aliphatic carbocycles. The van der Waals surface area contributed by atoms with Crippen LogP contribution in [0.1, 0.15) is 26.3 Å². The van der Waals surface area contributed by atoms with Crippen molar-refractivity contribution in [1.82, 2.24) is 10.2 Å². The van der Waals surface area contributed by atoms with Crippen molar-refractivity contribution in [2.45, 2.75) is 33.4 Å². The molecule has 0 bridgehead atoms. The minimum Gasteiger partial charge on any atom is -0.495 e. The van der Waals surface area contributed by atoms with Gasteiger partial charge in [-0.05, 0) is 37.1 Å². The van der Waals surface area contributed by atoms with Gasteiger partial charge in [0.25, 0.3) is 0 Å². The SMILES string of the molecule is COc1ccc(Cl)cc1N(CC(=O)N(Cc1ccccc1F)[C@H](C)C(=O)NCC(C)C)S(C)(=O)=O. The molecule has 0 saturated heterocycles. The molecule has 0 fully saturated rings. The second-order valence-corrected chi connectivity index (χ2v) is 10.9. The highest BCUT2D eigenvalue weighted by atomic mass is 35.5. The molecule has 0 aliphatic rings. The van der Waals surface area contributed by atoms with E-state index in [0.29, 0.717) is 6.54 Å². The number of sulfonamides is 1. The molecular weight excluding hydrogens is 497 g/mol. The van der Waals surface area contributed by atoms with Crippen LogP contribution in [-0.2, 0) is 26.2 Å². The number of amides is 2. The number of ether oxygens (including phenoxy) is 1. The first-order valence-electron chi connectivity index (χ1n) is 11.0. The van der Waals surface area contributed by atoms with Gasteiger partial charge in [-0.1, -0.05) is 43.6 Å². The molecule has 0 spiro atoms. The van der Waals surface area contributed by atoms with Crippen molar-refractivity contribution in [3.63, 3.8) is 0 Å². The zero-order valence-corrected chi connectivity index (χ0v) is 22.0. The van der Waals surface area contributed by atoms with Crippen molar-refractivity contribution in [3.8, 4) is 5.75 Å². The molecule has 1 N–H and O–H groups in total. The summed E-state index contributed by atoms with van der Waals surface area (Å²) in [5, 5.41) is 3.00. The number of nitrogens with zero attached hydrogens (tertiary/aromatic N) is 2. The minimum atomic E-state index is -3.97. The second-order valence-electron chi connectivity index (χ2n) is 8.51. The summed E-state index contributed by atoms with van der Waals surface area (Å²) in [4.78, 5) is 27.5. The van der Waals surface area contributed by atoms with E-state index < -0.39 is 40.2 Å². The van der Waals surface area contributed by atoms with E-state index in [1.165, 1.54) is 50.4 Å². The Hall–Kier alpha value is -2.85. The predicted molar refractivity (Wildman–Crippen MR) is 134 cm³/mol. The summed E-state index contributed by atoms with van der Waals surface area (Å²) in [6, 6.07) is 9.27. The van der Waals surface area contributed by atoms with Crippen LogP contribution in [0.2, 0.25) is 5.02 Å². The average Bonchev–Trinajstić information content (AvgIpc) is 2.79. The van der Waals surface area contributed by atoms with Crippen LogP contribution < -0.4 is 14.4 Å². The van der Waals surface area contributed by atoms with Gasteiger partial charge in [0.1, 0.15) is 24.2 Å². The molecule has 2 amide bonds. The minimum absolute atomic E-state index is 0.0682. The smallest absolute Gasteiger partial charge is 0.244 e. The quantitative estimate of drug-likeness (QED) is 0.483. The maximum absolute atomic E-state index is 14.4. The lowest BCUT2D eigenvalue weighted by molar-refractivity contribution is -0.139. The zero-order valence-electron chi connectivity index (χ0n) is 20.4. The highest BCUT2D eigenvalue weighted by molar-refractivity contribution is 7.92. The Labute approximate surface area is 211 Å². The fourth-order valence-corrected chi connectivity index (χ4v) is 4.31. The molecule has 192 valence electrons. The number of halogens is 2. The molecule has 35 heavy (non-hydrogen) atoms. The van der Waals surface area contributed by atoms with Crippen molar-refractivity contribution in [1.29, 1.82) is 0 Å². The molecule has 0 aliphatic heterocycles. The Bertz CT molecular complexity index is 1160. The topological polar surface area (TPSA) is 96.0 Å². The normalized spacial score (nSPS) is 12.2. The molecule has 0 heterocycles. The van der Waals surface area contributed by atoms with Crippen molar-refractivity contribution in [3.05, 3.63) is 58.9 Å². The van der Waals surface area contributed by atoms with Crippen LogP contribution in [0, 0.1) is 11.7 Å². The summed E-state index contributed by atoms with van der Waals surface area (Å²) in [6.07, 6.45) is 0.945. The molecule has 0 unspecified atom stereocenters. The molecular formula is C24H31ClFN3O5S. The van der Waals surface area contributed by atoms with Gasteiger partial charge in [0.05, 0.1) is 19.1 Å². The fraction of sp³-hybridized carbons (Fsp3) is 0.417. The summed E-state index contributed by atoms with van der Waals surface area (Å²) < 4.78 is 45.9. The van der Waals surface area contributed by atoms with E-state index in [9.17, 15) is 22.4 Å². The van der Waals surface area contributed by atoms with Crippen molar-refractivity contribution < 1.29 is 27.1 Å². The summed E-state index contributed by atoms with van der Waals surface area (Å²) in [7, 11) is -2.61. The summed E-state index contributed by atoms with van der Waals surface area (Å²) in [5.74, 6) is -1.31. The van der Waals surface area contributed by atoms with E-state index in [1.807, 2.05) is 13.8 Å². The van der Waals surface area contributed by atoms with E-state index in [-0.39, 0.29) is 34.5 Å². The lowest BCUT2D eigenvalue weighted by Crippen LogP contribution is -2.51. The highest BCUT2D eigenvalue weighted by Gasteiger charge is 2.31. The lowest BCUT2D eigenvalue weighted by Gasteiger charge is -2.32. The average molecular weight is 528 g/mol. The number of benzene rings is 2. The molecule has 8 nitrogen and oxygen atoms in total. The number of hydrogen-bond donors (Lipinski definition) is 1. The Kier molecular flexibility index (Phi) is 9.91. The van der Waals surface area contributed by atoms with Crippen LogP contribution in [0.3, 0.4) is 0 Å². The summed E-state index contributed by atoms with van der Waals surface area (Å²) in [6.45, 7) is 4.88. The first-order valence-corrected chi connectivity index (χ1v) is 13.2. The van der Waals surface area contributed by atoms with Crippen LogP contribution >= 0.6 is 11.6 Å². The van der Waals surface area contributed by atoms with Crippen LogP contribution in [0.4, 0.5) is 10.1 Å². The fourth-order valence-electron chi connectivity index (χ4n) is 3.30. The molecule has 2 aromatic rings. The van der Waals surface area contributed by atoms with Crippen molar-refractivity contribution >= 4 is 39.1 Å². The Balaban J connectivity index is 2.45. The van der Waals surface area contributed by atoms with Gasteiger partial charge >= 0.3 is 0 Å². The van der Waals surface area contributed by atoms with Gasteiger partial charge in [0.2, 0.25) is 21.8 Å². The third kappa shape index (κ3) is 7.83. The third-order valence-electron chi connectivity index (χ3n) is 5.24. The molecule has 0 radical (unpaired) electrons. The predicted octanol–water partition coefficient (Wildman–Crippen LogP) is 3.44. The lowest BCUT2D eigenvalue weighted by atomic mass is 10.1. The third-order valence-corrected chi connectivity index (χ3v) is 6.60. The van der Waals surface area contributed by atoms with E-state index in [1.54, 1.807) is 6.07 Å². The van der Waals surface area contributed by atoms with Gasteiger partial charge in [-0.15, -0.1) is 0 Å². The number of anilines is 1. The Morgan fingerprint density at radius 2 is 1.80 bits per heavy atom. The van der Waals surface area contributed by atoms with E-state index in [0.717, 1.165) is 15.5 Å². The maximum Gasteiger partial charge on any atom is 0.244 e. The van der Waals surface area contributed by atoms with E-state index in [2.05, 4.69) is 5.32 Å². The molecule has 11 heteroatoms. The van der Waals surface area contributed by atoms with E-state index in [4.69, 9.17) is 16.3 Å². The van der Waals surface area contributed by atoms with Gasteiger partial charge in [-0.25, -0.2) is 12.8 Å². The van der Waals surface area contributed by atoms with Gasteiger partial charge in [-0.3, -0.25) is 13.9 Å². The standard InChI is InChI=1S/C24H31ClFN3O5S/c1-16(2)13-27-24(31)17(3)28(14-18-8-6-7-9-20(18)26)23(30)15-29(35(5,32)33)21-12-19(25)10-11-22(21)34-4/h6-12,16-17H,13-15H2,1-5H3,(H,27,31)/t17-/m1/s1. The molecule has 1 atom stereocenters. The van der Waals surface area contributed by atoms with Gasteiger partial charge in [0.15, 0.2) is 0 Å². The Morgan fingerprint density at radius 3 is 2.37 bits per heavy atom. The molecule has 2 aromatic carbocycles. The maximum atomic E-state index is 14.4. The van der Waals surface area contributed by atoms with Gasteiger partial charge in [0, 0.05) is 23.7 Å². The van der Waals surface area contributed by atoms with Crippen LogP contribution in [0.25, 0.3) is 0 Å². The number of carbonyl (C=O) groups is 2. The first kappa shape index (κ1) is 28.4. The van der Waals surface area contributed by atoms with Crippen LogP contribution in [0.5, 0.6) is 5.75 Å². The molecule has 0 saturated carbocycles. The molecule has 2 rings (SSSR count). The summed E-state index contributed by atoms with van der Waals surface area (Å²) >= 11 is 6.08. The first-order chi connectivity index (χ1) is 16.3. The number of methoxy groups -OCH3 is 1. The number of hydrogen-bond acceptors (Lipinski definition) is 5. The number of nitrogens with one attached hydrogen (secondary N) is 1. The Morgan fingerprint density at radius 1 is 1.14 bits per heavy atom. The van der Waals surface area contributed by atoms with Crippen LogP contribution in [0.15, 0.2) is 42.5 Å². The number of carbonyl (C=O) groups excluding carboxylic acids is 2. The van der Waals surface area contributed by atoms with Crippen molar-refractivity contribution in [2.75, 3.05) is 30.8 Å². The second kappa shape index (κ2) is 12.2.